The van der Waals surface area contributed by atoms with E-state index in [-0.39, 0.29) is 4.91 Å². The van der Waals surface area contributed by atoms with Crippen LogP contribution in [0.3, 0.4) is 0 Å². The summed E-state index contributed by atoms with van der Waals surface area (Å²) < 4.78 is 11.1. The SMILES string of the molecule is CCCc1nc(S/C(=C\c2ccc(OCC)c(OCC)c2)C(=O)[O-])n[nH]1. The van der Waals surface area contributed by atoms with E-state index in [9.17, 15) is 9.90 Å². The molecule has 7 nitrogen and oxygen atoms in total. The number of carboxylic acids is 1. The van der Waals surface area contributed by atoms with Gasteiger partial charge in [0, 0.05) is 11.3 Å². The number of carbonyl (C=O) groups excluding carboxylic acids is 1. The third-order valence-corrected chi connectivity index (χ3v) is 4.14. The minimum absolute atomic E-state index is 0.0126. The lowest BCUT2D eigenvalue weighted by Gasteiger charge is -2.12. The highest BCUT2D eigenvalue weighted by Gasteiger charge is 2.10. The van der Waals surface area contributed by atoms with Crippen LogP contribution < -0.4 is 14.6 Å². The maximum absolute atomic E-state index is 11.5. The van der Waals surface area contributed by atoms with Crippen LogP contribution in [0.15, 0.2) is 28.3 Å². The predicted octanol–water partition coefficient (Wildman–Crippen LogP) is 2.44. The van der Waals surface area contributed by atoms with Crippen molar-refractivity contribution in [2.75, 3.05) is 13.2 Å². The van der Waals surface area contributed by atoms with Crippen LogP contribution in [0.4, 0.5) is 0 Å². The Hall–Kier alpha value is -2.48. The molecule has 0 fully saturated rings. The van der Waals surface area contributed by atoms with Crippen molar-refractivity contribution < 1.29 is 19.4 Å². The molecule has 0 atom stereocenters. The summed E-state index contributed by atoms with van der Waals surface area (Å²) in [7, 11) is 0. The standard InChI is InChI=1S/C18H23N3O4S/c1-4-7-16-19-18(21-20-16)26-15(17(22)23)11-12-8-9-13(24-5-2)14(10-12)25-6-3/h8-11H,4-7H2,1-3H3,(H,22,23)(H,19,20,21)/p-1/b15-11-. The van der Waals surface area contributed by atoms with Crippen LogP contribution in [0.25, 0.3) is 6.08 Å². The highest BCUT2D eigenvalue weighted by Crippen LogP contribution is 2.31. The van der Waals surface area contributed by atoms with Crippen molar-refractivity contribution in [2.45, 2.75) is 38.8 Å². The number of aromatic amines is 1. The zero-order valence-electron chi connectivity index (χ0n) is 15.1. The van der Waals surface area contributed by atoms with Gasteiger partial charge in [-0.2, -0.15) is 0 Å². The molecule has 0 amide bonds. The van der Waals surface area contributed by atoms with Gasteiger partial charge in [0.05, 0.1) is 19.2 Å². The molecular formula is C18H22N3O4S-. The molecule has 140 valence electrons. The number of carbonyl (C=O) groups is 1. The maximum Gasteiger partial charge on any atom is 0.213 e. The van der Waals surface area contributed by atoms with Crippen molar-refractivity contribution in [3.8, 4) is 11.5 Å². The first kappa shape index (κ1) is 19.8. The summed E-state index contributed by atoms with van der Waals surface area (Å²) in [4.78, 5) is 15.8. The Kier molecular flexibility index (Phi) is 7.53. The molecule has 0 saturated heterocycles. The predicted molar refractivity (Wildman–Crippen MR) is 98.0 cm³/mol. The molecule has 2 aromatic rings. The van der Waals surface area contributed by atoms with Gasteiger partial charge in [-0.3, -0.25) is 5.10 Å². The zero-order chi connectivity index (χ0) is 18.9. The second kappa shape index (κ2) is 9.86. The van der Waals surface area contributed by atoms with Gasteiger partial charge < -0.3 is 19.4 Å². The number of carboxylic acid groups (broad SMARTS) is 1. The van der Waals surface area contributed by atoms with Crippen LogP contribution in [0.2, 0.25) is 0 Å². The Morgan fingerprint density at radius 1 is 1.23 bits per heavy atom. The van der Waals surface area contributed by atoms with Crippen LogP contribution in [0.5, 0.6) is 11.5 Å². The maximum atomic E-state index is 11.5. The lowest BCUT2D eigenvalue weighted by Crippen LogP contribution is -2.23. The summed E-state index contributed by atoms with van der Waals surface area (Å²) in [6.45, 7) is 6.78. The van der Waals surface area contributed by atoms with E-state index in [0.29, 0.717) is 35.4 Å². The van der Waals surface area contributed by atoms with E-state index in [1.54, 1.807) is 18.2 Å². The van der Waals surface area contributed by atoms with Crippen LogP contribution >= 0.6 is 11.8 Å². The van der Waals surface area contributed by atoms with E-state index in [1.165, 1.54) is 6.08 Å². The number of hydrogen-bond donors (Lipinski definition) is 1. The molecule has 0 spiro atoms. The van der Waals surface area contributed by atoms with Gasteiger partial charge in [0.15, 0.2) is 11.5 Å². The molecule has 0 aliphatic carbocycles. The number of H-pyrrole nitrogens is 1. The van der Waals surface area contributed by atoms with E-state index in [4.69, 9.17) is 9.47 Å². The second-order valence-corrected chi connectivity index (χ2v) is 6.29. The Labute approximate surface area is 156 Å². The molecule has 1 aromatic carbocycles. The fourth-order valence-corrected chi connectivity index (χ4v) is 2.93. The lowest BCUT2D eigenvalue weighted by molar-refractivity contribution is -0.297. The molecule has 0 aliphatic heterocycles. The average Bonchev–Trinajstić information content (AvgIpc) is 3.04. The minimum Gasteiger partial charge on any atom is -0.544 e. The number of ether oxygens (including phenoxy) is 2. The molecule has 0 radical (unpaired) electrons. The van der Waals surface area contributed by atoms with E-state index >= 15 is 0 Å². The van der Waals surface area contributed by atoms with Crippen molar-refractivity contribution in [3.63, 3.8) is 0 Å². The van der Waals surface area contributed by atoms with Gasteiger partial charge in [-0.1, -0.05) is 13.0 Å². The summed E-state index contributed by atoms with van der Waals surface area (Å²) in [5.74, 6) is 0.623. The molecule has 0 bridgehead atoms. The van der Waals surface area contributed by atoms with Crippen LogP contribution in [-0.4, -0.2) is 34.4 Å². The first-order valence-electron chi connectivity index (χ1n) is 8.49. The van der Waals surface area contributed by atoms with Crippen molar-refractivity contribution in [1.82, 2.24) is 15.2 Å². The van der Waals surface area contributed by atoms with Crippen molar-refractivity contribution in [1.29, 1.82) is 0 Å². The number of aromatic nitrogens is 3. The number of nitrogens with zero attached hydrogens (tertiary/aromatic N) is 2. The number of benzene rings is 1. The van der Waals surface area contributed by atoms with Gasteiger partial charge in [0.2, 0.25) is 5.16 Å². The number of aliphatic carboxylic acids is 1. The Morgan fingerprint density at radius 3 is 2.62 bits per heavy atom. The van der Waals surface area contributed by atoms with Crippen molar-refractivity contribution in [2.24, 2.45) is 0 Å². The number of hydrogen-bond acceptors (Lipinski definition) is 7. The van der Waals surface area contributed by atoms with Gasteiger partial charge >= 0.3 is 0 Å². The van der Waals surface area contributed by atoms with Crippen LogP contribution in [-0.2, 0) is 11.2 Å². The zero-order valence-corrected chi connectivity index (χ0v) is 15.9. The second-order valence-electron chi connectivity index (χ2n) is 5.28. The molecule has 1 N–H and O–H groups in total. The van der Waals surface area contributed by atoms with Gasteiger partial charge in [-0.15, -0.1) is 5.10 Å². The van der Waals surface area contributed by atoms with Crippen LogP contribution in [0.1, 0.15) is 38.6 Å². The Bertz CT molecular complexity index is 774. The molecular weight excluding hydrogens is 354 g/mol. The number of thioether (sulfide) groups is 1. The molecule has 2 rings (SSSR count). The summed E-state index contributed by atoms with van der Waals surface area (Å²) in [6, 6.07) is 5.25. The van der Waals surface area contributed by atoms with E-state index in [0.717, 1.165) is 30.4 Å². The molecule has 1 heterocycles. The Morgan fingerprint density at radius 2 is 1.96 bits per heavy atom. The fourth-order valence-electron chi connectivity index (χ4n) is 2.21. The summed E-state index contributed by atoms with van der Waals surface area (Å²) in [6.07, 6.45) is 3.19. The van der Waals surface area contributed by atoms with Gasteiger partial charge in [0.1, 0.15) is 5.82 Å². The quantitative estimate of drug-likeness (QED) is 0.502. The summed E-state index contributed by atoms with van der Waals surface area (Å²) in [5, 5.41) is 18.7. The monoisotopic (exact) mass is 376 g/mol. The number of rotatable bonds is 10. The average molecular weight is 376 g/mol. The first-order chi connectivity index (χ1) is 12.6. The topological polar surface area (TPSA) is 100 Å². The highest BCUT2D eigenvalue weighted by atomic mass is 32.2. The molecule has 0 unspecified atom stereocenters. The fraction of sp³-hybridized carbons (Fsp3) is 0.389. The highest BCUT2D eigenvalue weighted by molar-refractivity contribution is 8.04. The number of nitrogens with one attached hydrogen (secondary N) is 1. The molecule has 26 heavy (non-hydrogen) atoms. The van der Waals surface area contributed by atoms with Gasteiger partial charge in [-0.05, 0) is 55.8 Å². The third kappa shape index (κ3) is 5.52. The van der Waals surface area contributed by atoms with E-state index < -0.39 is 5.97 Å². The minimum atomic E-state index is -1.29. The van der Waals surface area contributed by atoms with E-state index in [2.05, 4.69) is 15.2 Å². The molecule has 1 aromatic heterocycles. The molecule has 0 saturated carbocycles. The van der Waals surface area contributed by atoms with Crippen molar-refractivity contribution in [3.05, 3.63) is 34.5 Å². The van der Waals surface area contributed by atoms with Gasteiger partial charge in [0.25, 0.3) is 0 Å². The van der Waals surface area contributed by atoms with Crippen LogP contribution in [0, 0.1) is 0 Å². The summed E-state index contributed by atoms with van der Waals surface area (Å²) in [5.41, 5.74) is 0.660. The number of aryl methyl sites for hydroxylation is 1. The lowest BCUT2D eigenvalue weighted by atomic mass is 10.2. The third-order valence-electron chi connectivity index (χ3n) is 3.27. The Balaban J connectivity index is 2.26. The van der Waals surface area contributed by atoms with Gasteiger partial charge in [-0.25, -0.2) is 4.98 Å². The molecule has 0 aliphatic rings. The largest absolute Gasteiger partial charge is 0.544 e. The van der Waals surface area contributed by atoms with E-state index in [1.807, 2.05) is 20.8 Å². The molecule has 8 heteroatoms. The van der Waals surface area contributed by atoms with Crippen molar-refractivity contribution >= 4 is 23.8 Å². The first-order valence-corrected chi connectivity index (χ1v) is 9.30. The smallest absolute Gasteiger partial charge is 0.213 e. The summed E-state index contributed by atoms with van der Waals surface area (Å²) >= 11 is 0.946. The normalized spacial score (nSPS) is 11.4.